The Labute approximate surface area is 111 Å². The molecule has 19 heavy (non-hydrogen) atoms. The van der Waals surface area contributed by atoms with Gasteiger partial charge in [-0.3, -0.25) is 4.79 Å². The summed E-state index contributed by atoms with van der Waals surface area (Å²) >= 11 is 0. The van der Waals surface area contributed by atoms with Gasteiger partial charge in [0.1, 0.15) is 0 Å². The van der Waals surface area contributed by atoms with Gasteiger partial charge in [-0.05, 0) is 13.0 Å². The van der Waals surface area contributed by atoms with E-state index in [0.717, 1.165) is 10.9 Å². The zero-order valence-electron chi connectivity index (χ0n) is 11.3. The molecule has 0 radical (unpaired) electrons. The molecule has 0 atom stereocenters. The van der Waals surface area contributed by atoms with Gasteiger partial charge in [-0.25, -0.2) is 0 Å². The van der Waals surface area contributed by atoms with Gasteiger partial charge in [-0.15, -0.1) is 0 Å². The highest BCUT2D eigenvalue weighted by Crippen LogP contribution is 2.34. The van der Waals surface area contributed by atoms with Crippen molar-refractivity contribution >= 4 is 16.7 Å². The van der Waals surface area contributed by atoms with Crippen molar-refractivity contribution in [3.8, 4) is 11.5 Å². The highest BCUT2D eigenvalue weighted by atomic mass is 16.5. The number of ether oxygens (including phenoxy) is 2. The van der Waals surface area contributed by atoms with Crippen molar-refractivity contribution in [2.24, 2.45) is 0 Å². The highest BCUT2D eigenvalue weighted by molar-refractivity contribution is 6.07. The number of hydrogen-bond acceptors (Lipinski definition) is 4. The topological polar surface area (TPSA) is 60.7 Å². The maximum absolute atomic E-state index is 11.7. The molecule has 5 heteroatoms. The maximum Gasteiger partial charge on any atom is 0.162 e. The quantitative estimate of drug-likeness (QED) is 0.836. The summed E-state index contributed by atoms with van der Waals surface area (Å²) in [7, 11) is 3.12. The number of Topliss-reactive ketones (excluding diaryl/α,β-unsaturated/α-hetero) is 1. The molecule has 102 valence electrons. The van der Waals surface area contributed by atoms with Gasteiger partial charge >= 0.3 is 0 Å². The fraction of sp³-hybridized carbons (Fsp3) is 0.357. The monoisotopic (exact) mass is 263 g/mol. The second kappa shape index (κ2) is 5.32. The Balaban J connectivity index is 2.74. The van der Waals surface area contributed by atoms with Crippen LogP contribution in [0.2, 0.25) is 0 Å². The van der Waals surface area contributed by atoms with Crippen LogP contribution in [-0.4, -0.2) is 36.3 Å². The first-order valence-corrected chi connectivity index (χ1v) is 5.99. The lowest BCUT2D eigenvalue weighted by Crippen LogP contribution is -2.00. The van der Waals surface area contributed by atoms with Crippen LogP contribution in [0.3, 0.4) is 0 Å². The van der Waals surface area contributed by atoms with E-state index in [1.165, 1.54) is 6.92 Å². The van der Waals surface area contributed by atoms with E-state index in [2.05, 4.69) is 0 Å². The first-order chi connectivity index (χ1) is 9.12. The molecule has 0 aliphatic carbocycles. The van der Waals surface area contributed by atoms with Crippen LogP contribution >= 0.6 is 0 Å². The van der Waals surface area contributed by atoms with Crippen LogP contribution in [0.5, 0.6) is 11.5 Å². The van der Waals surface area contributed by atoms with Crippen LogP contribution in [0.1, 0.15) is 17.3 Å². The highest BCUT2D eigenvalue weighted by Gasteiger charge is 2.15. The fourth-order valence-corrected chi connectivity index (χ4v) is 2.19. The van der Waals surface area contributed by atoms with Crippen LogP contribution in [0.25, 0.3) is 10.9 Å². The van der Waals surface area contributed by atoms with E-state index in [4.69, 9.17) is 14.6 Å². The van der Waals surface area contributed by atoms with Gasteiger partial charge in [0.25, 0.3) is 0 Å². The predicted octanol–water partition coefficient (Wildman–Crippen LogP) is 1.85. The largest absolute Gasteiger partial charge is 0.493 e. The molecule has 1 N–H and O–H groups in total. The average molecular weight is 263 g/mol. The lowest BCUT2D eigenvalue weighted by Gasteiger charge is -2.09. The molecule has 0 saturated heterocycles. The second-order valence-corrected chi connectivity index (χ2v) is 4.24. The number of hydrogen-bond donors (Lipinski definition) is 1. The van der Waals surface area contributed by atoms with Crippen LogP contribution in [0, 0.1) is 0 Å². The van der Waals surface area contributed by atoms with Crippen molar-refractivity contribution in [3.63, 3.8) is 0 Å². The number of ketones is 1. The molecule has 2 aromatic rings. The minimum absolute atomic E-state index is 0.00939. The summed E-state index contributed by atoms with van der Waals surface area (Å²) < 4.78 is 12.4. The first kappa shape index (κ1) is 13.4. The van der Waals surface area contributed by atoms with Crippen molar-refractivity contribution in [2.45, 2.75) is 13.5 Å². The lowest BCUT2D eigenvalue weighted by atomic mass is 10.1. The molecule has 2 rings (SSSR count). The van der Waals surface area contributed by atoms with Gasteiger partial charge in [0.2, 0.25) is 0 Å². The van der Waals surface area contributed by atoms with E-state index in [9.17, 15) is 4.79 Å². The Kier molecular flexibility index (Phi) is 3.76. The van der Waals surface area contributed by atoms with Gasteiger partial charge in [-0.2, -0.15) is 0 Å². The van der Waals surface area contributed by atoms with E-state index in [0.29, 0.717) is 23.6 Å². The number of carbonyl (C=O) groups excluding carboxylic acids is 1. The predicted molar refractivity (Wildman–Crippen MR) is 72.1 cm³/mol. The number of fused-ring (bicyclic) bond motifs is 1. The van der Waals surface area contributed by atoms with Crippen molar-refractivity contribution in [3.05, 3.63) is 23.9 Å². The molecule has 1 aromatic heterocycles. The zero-order chi connectivity index (χ0) is 14.0. The molecule has 0 amide bonds. The molecule has 0 unspecified atom stereocenters. The smallest absolute Gasteiger partial charge is 0.162 e. The Hall–Kier alpha value is -2.01. The van der Waals surface area contributed by atoms with E-state index < -0.39 is 0 Å². The summed E-state index contributed by atoms with van der Waals surface area (Å²) in [6.45, 7) is 1.96. The third-order valence-corrected chi connectivity index (χ3v) is 3.11. The molecular weight excluding hydrogens is 246 g/mol. The summed E-state index contributed by atoms with van der Waals surface area (Å²) in [5.41, 5.74) is 1.46. The number of benzene rings is 1. The van der Waals surface area contributed by atoms with Gasteiger partial charge < -0.3 is 19.1 Å². The fourth-order valence-electron chi connectivity index (χ4n) is 2.19. The summed E-state index contributed by atoms with van der Waals surface area (Å²) in [5.74, 6) is 1.16. The Bertz CT molecular complexity index is 615. The van der Waals surface area contributed by atoms with Crippen molar-refractivity contribution < 1.29 is 19.4 Å². The van der Waals surface area contributed by atoms with Gasteiger partial charge in [0.05, 0.1) is 26.3 Å². The Morgan fingerprint density at radius 1 is 1.26 bits per heavy atom. The third kappa shape index (κ3) is 2.29. The summed E-state index contributed by atoms with van der Waals surface area (Å²) in [5, 5.41) is 9.90. The maximum atomic E-state index is 11.7. The van der Waals surface area contributed by atoms with Crippen LogP contribution < -0.4 is 9.47 Å². The standard InChI is InChI=1S/C14H17NO4/c1-9(17)11-8-15(4-5-16)12-7-14(19-3)13(18-2)6-10(11)12/h6-8,16H,4-5H2,1-3H3. The Morgan fingerprint density at radius 2 is 1.89 bits per heavy atom. The molecular formula is C14H17NO4. The molecule has 0 bridgehead atoms. The molecule has 0 aliphatic rings. The van der Waals surface area contributed by atoms with Crippen LogP contribution in [0.15, 0.2) is 18.3 Å². The Morgan fingerprint density at radius 3 is 2.42 bits per heavy atom. The first-order valence-electron chi connectivity index (χ1n) is 5.99. The number of methoxy groups -OCH3 is 2. The molecule has 0 saturated carbocycles. The van der Waals surface area contributed by atoms with E-state index in [1.807, 2.05) is 10.6 Å². The lowest BCUT2D eigenvalue weighted by molar-refractivity contribution is 0.101. The molecule has 0 aliphatic heterocycles. The number of nitrogens with zero attached hydrogens (tertiary/aromatic N) is 1. The van der Waals surface area contributed by atoms with Gasteiger partial charge in [0, 0.05) is 29.8 Å². The number of aliphatic hydroxyl groups is 1. The number of aromatic nitrogens is 1. The van der Waals surface area contributed by atoms with E-state index >= 15 is 0 Å². The summed E-state index contributed by atoms with van der Waals surface area (Å²) in [4.78, 5) is 11.7. The molecule has 5 nitrogen and oxygen atoms in total. The number of carbonyl (C=O) groups is 1. The number of rotatable bonds is 5. The van der Waals surface area contributed by atoms with Gasteiger partial charge in [-0.1, -0.05) is 0 Å². The minimum atomic E-state index is -0.0195. The third-order valence-electron chi connectivity index (χ3n) is 3.11. The van der Waals surface area contributed by atoms with Crippen molar-refractivity contribution in [1.29, 1.82) is 0 Å². The summed E-state index contributed by atoms with van der Waals surface area (Å²) in [6.07, 6.45) is 1.75. The molecule has 1 heterocycles. The normalized spacial score (nSPS) is 10.7. The van der Waals surface area contributed by atoms with Crippen LogP contribution in [-0.2, 0) is 6.54 Å². The summed E-state index contributed by atoms with van der Waals surface area (Å²) in [6, 6.07) is 3.61. The van der Waals surface area contributed by atoms with Crippen molar-refractivity contribution in [1.82, 2.24) is 4.57 Å². The molecule has 0 spiro atoms. The van der Waals surface area contributed by atoms with Gasteiger partial charge in [0.15, 0.2) is 17.3 Å². The average Bonchev–Trinajstić information content (AvgIpc) is 2.76. The van der Waals surface area contributed by atoms with Crippen LogP contribution in [0.4, 0.5) is 0 Å². The minimum Gasteiger partial charge on any atom is -0.493 e. The molecule has 1 aromatic carbocycles. The SMILES string of the molecule is COc1cc2c(C(C)=O)cn(CCO)c2cc1OC. The van der Waals surface area contributed by atoms with E-state index in [-0.39, 0.29) is 12.4 Å². The second-order valence-electron chi connectivity index (χ2n) is 4.24. The van der Waals surface area contributed by atoms with E-state index in [1.54, 1.807) is 26.5 Å². The molecule has 0 fully saturated rings. The number of aliphatic hydroxyl groups excluding tert-OH is 1. The van der Waals surface area contributed by atoms with Crippen molar-refractivity contribution in [2.75, 3.05) is 20.8 Å². The zero-order valence-corrected chi connectivity index (χ0v) is 11.3.